The Bertz CT molecular complexity index is 825. The number of aromatic amines is 1. The van der Waals surface area contributed by atoms with Gasteiger partial charge in [0, 0.05) is 22.6 Å². The molecule has 0 aliphatic heterocycles. The fourth-order valence-corrected chi connectivity index (χ4v) is 2.75. The molecule has 2 N–H and O–H groups in total. The van der Waals surface area contributed by atoms with Crippen LogP contribution in [0.15, 0.2) is 48.0 Å². The first-order chi connectivity index (χ1) is 11.1. The Morgan fingerprint density at radius 2 is 2.09 bits per heavy atom. The third kappa shape index (κ3) is 3.27. The van der Waals surface area contributed by atoms with Crippen molar-refractivity contribution in [3.8, 4) is 11.3 Å². The molecule has 0 saturated carbocycles. The van der Waals surface area contributed by atoms with E-state index in [1.54, 1.807) is 23.5 Å². The Hall–Kier alpha value is -3.00. The molecule has 0 unspecified atom stereocenters. The summed E-state index contributed by atoms with van der Waals surface area (Å²) in [6.07, 6.45) is 1.44. The predicted molar refractivity (Wildman–Crippen MR) is 86.2 cm³/mol. The molecule has 0 spiro atoms. The van der Waals surface area contributed by atoms with Crippen LogP contribution in [0.25, 0.3) is 11.3 Å². The van der Waals surface area contributed by atoms with Gasteiger partial charge in [-0.15, -0.1) is 11.3 Å². The molecule has 1 amide bonds. The van der Waals surface area contributed by atoms with E-state index in [0.717, 1.165) is 4.88 Å². The number of carbonyl (C=O) groups is 1. The van der Waals surface area contributed by atoms with Crippen LogP contribution in [0.2, 0.25) is 0 Å². The Labute approximate surface area is 135 Å². The number of thiophene rings is 1. The number of amides is 1. The lowest BCUT2D eigenvalue weighted by Crippen LogP contribution is -2.22. The number of carbonyl (C=O) groups excluding carboxylic acids is 1. The summed E-state index contributed by atoms with van der Waals surface area (Å²) >= 11 is 1.57. The van der Waals surface area contributed by atoms with Gasteiger partial charge in [0.15, 0.2) is 0 Å². The minimum Gasteiger partial charge on any atom is -0.347 e. The zero-order chi connectivity index (χ0) is 16.2. The average molecular weight is 328 g/mol. The Morgan fingerprint density at radius 1 is 1.30 bits per heavy atom. The predicted octanol–water partition coefficient (Wildman–Crippen LogP) is 2.98. The molecule has 0 aliphatic rings. The summed E-state index contributed by atoms with van der Waals surface area (Å²) in [5, 5.41) is 22.1. The van der Waals surface area contributed by atoms with Gasteiger partial charge >= 0.3 is 0 Å². The van der Waals surface area contributed by atoms with Gasteiger partial charge in [-0.25, -0.2) is 0 Å². The molecule has 23 heavy (non-hydrogen) atoms. The lowest BCUT2D eigenvalue weighted by atomic mass is 10.1. The van der Waals surface area contributed by atoms with Crippen molar-refractivity contribution in [3.63, 3.8) is 0 Å². The van der Waals surface area contributed by atoms with Gasteiger partial charge in [-0.05, 0) is 23.6 Å². The third-order valence-corrected chi connectivity index (χ3v) is 4.13. The summed E-state index contributed by atoms with van der Waals surface area (Å²) < 4.78 is 0. The van der Waals surface area contributed by atoms with E-state index in [4.69, 9.17) is 0 Å². The number of nitrogens with one attached hydrogen (secondary N) is 2. The molecule has 0 aliphatic carbocycles. The largest absolute Gasteiger partial charge is 0.347 e. The van der Waals surface area contributed by atoms with Gasteiger partial charge in [-0.3, -0.25) is 20.0 Å². The number of hydrogen-bond donors (Lipinski definition) is 2. The molecule has 3 rings (SSSR count). The van der Waals surface area contributed by atoms with Crippen LogP contribution >= 0.6 is 11.3 Å². The second kappa shape index (κ2) is 6.41. The molecule has 8 heteroatoms. The van der Waals surface area contributed by atoms with E-state index >= 15 is 0 Å². The molecule has 0 bridgehead atoms. The summed E-state index contributed by atoms with van der Waals surface area (Å²) in [4.78, 5) is 23.6. The quantitative estimate of drug-likeness (QED) is 0.555. The van der Waals surface area contributed by atoms with Gasteiger partial charge in [0.05, 0.1) is 28.9 Å². The van der Waals surface area contributed by atoms with E-state index in [0.29, 0.717) is 23.4 Å². The molecule has 1 aromatic carbocycles. The summed E-state index contributed by atoms with van der Waals surface area (Å²) in [5.41, 5.74) is 1.59. The number of nitro groups is 1. The van der Waals surface area contributed by atoms with E-state index in [1.807, 2.05) is 17.5 Å². The SMILES string of the molecule is O=C(NCc1cccs1)c1cn[nH]c1-c1ccc([N+](=O)[O-])cc1. The van der Waals surface area contributed by atoms with Crippen LogP contribution < -0.4 is 5.32 Å². The van der Waals surface area contributed by atoms with E-state index in [1.165, 1.54) is 18.3 Å². The molecular formula is C15H12N4O3S. The summed E-state index contributed by atoms with van der Waals surface area (Å²) in [6.45, 7) is 0.446. The van der Waals surface area contributed by atoms with Crippen LogP contribution in [-0.4, -0.2) is 21.0 Å². The number of nitro benzene ring substituents is 1. The van der Waals surface area contributed by atoms with Crippen molar-refractivity contribution >= 4 is 22.9 Å². The Morgan fingerprint density at radius 3 is 2.74 bits per heavy atom. The van der Waals surface area contributed by atoms with Crippen LogP contribution in [-0.2, 0) is 6.54 Å². The van der Waals surface area contributed by atoms with Crippen molar-refractivity contribution in [1.82, 2.24) is 15.5 Å². The van der Waals surface area contributed by atoms with Crippen molar-refractivity contribution in [2.45, 2.75) is 6.54 Å². The maximum atomic E-state index is 12.3. The first kappa shape index (κ1) is 14.9. The zero-order valence-corrected chi connectivity index (χ0v) is 12.7. The van der Waals surface area contributed by atoms with Gasteiger partial charge in [0.1, 0.15) is 0 Å². The third-order valence-electron chi connectivity index (χ3n) is 3.25. The normalized spacial score (nSPS) is 10.4. The van der Waals surface area contributed by atoms with Crippen LogP contribution in [0.4, 0.5) is 5.69 Å². The van der Waals surface area contributed by atoms with Gasteiger partial charge in [-0.2, -0.15) is 5.10 Å². The maximum absolute atomic E-state index is 12.3. The first-order valence-electron chi connectivity index (χ1n) is 6.74. The highest BCUT2D eigenvalue weighted by Crippen LogP contribution is 2.23. The van der Waals surface area contributed by atoms with Crippen molar-refractivity contribution in [2.75, 3.05) is 0 Å². The second-order valence-electron chi connectivity index (χ2n) is 4.72. The molecule has 116 valence electrons. The number of benzene rings is 1. The number of non-ortho nitro benzene ring substituents is 1. The lowest BCUT2D eigenvalue weighted by molar-refractivity contribution is -0.384. The number of hydrogen-bond acceptors (Lipinski definition) is 5. The highest BCUT2D eigenvalue weighted by molar-refractivity contribution is 7.09. The number of H-pyrrole nitrogens is 1. The second-order valence-corrected chi connectivity index (χ2v) is 5.76. The van der Waals surface area contributed by atoms with Crippen LogP contribution in [0.3, 0.4) is 0 Å². The topological polar surface area (TPSA) is 101 Å². The Kier molecular flexibility index (Phi) is 4.15. The van der Waals surface area contributed by atoms with Crippen molar-refractivity contribution in [3.05, 3.63) is 68.5 Å². The monoisotopic (exact) mass is 328 g/mol. The highest BCUT2D eigenvalue weighted by atomic mass is 32.1. The minimum absolute atomic E-state index is 0.00281. The number of aromatic nitrogens is 2. The summed E-state index contributed by atoms with van der Waals surface area (Å²) in [6, 6.07) is 9.82. The molecule has 2 heterocycles. The van der Waals surface area contributed by atoms with Crippen molar-refractivity contribution < 1.29 is 9.72 Å². The van der Waals surface area contributed by atoms with Gasteiger partial charge in [-0.1, -0.05) is 6.07 Å². The molecule has 3 aromatic rings. The van der Waals surface area contributed by atoms with Gasteiger partial charge < -0.3 is 5.32 Å². The lowest BCUT2D eigenvalue weighted by Gasteiger charge is -2.05. The molecular weight excluding hydrogens is 316 g/mol. The smallest absolute Gasteiger partial charge is 0.269 e. The summed E-state index contributed by atoms with van der Waals surface area (Å²) in [7, 11) is 0. The molecule has 0 atom stereocenters. The molecule has 2 aromatic heterocycles. The molecule has 0 radical (unpaired) electrons. The Balaban J connectivity index is 1.78. The van der Waals surface area contributed by atoms with Crippen LogP contribution in [0.5, 0.6) is 0 Å². The standard InChI is InChI=1S/C15H12N4O3S/c20-15(16-8-12-2-1-7-23-12)13-9-17-18-14(13)10-3-5-11(6-4-10)19(21)22/h1-7,9H,8H2,(H,16,20)(H,17,18). The number of rotatable bonds is 5. The van der Waals surface area contributed by atoms with E-state index in [9.17, 15) is 14.9 Å². The van der Waals surface area contributed by atoms with Crippen molar-refractivity contribution in [1.29, 1.82) is 0 Å². The molecule has 7 nitrogen and oxygen atoms in total. The zero-order valence-electron chi connectivity index (χ0n) is 11.9. The number of nitrogens with zero attached hydrogens (tertiary/aromatic N) is 2. The fraction of sp³-hybridized carbons (Fsp3) is 0.0667. The van der Waals surface area contributed by atoms with Crippen molar-refractivity contribution in [2.24, 2.45) is 0 Å². The fourth-order valence-electron chi connectivity index (χ4n) is 2.10. The van der Waals surface area contributed by atoms with Crippen LogP contribution in [0.1, 0.15) is 15.2 Å². The average Bonchev–Trinajstić information content (AvgIpc) is 3.24. The van der Waals surface area contributed by atoms with E-state index < -0.39 is 4.92 Å². The molecule has 0 saturated heterocycles. The summed E-state index contributed by atoms with van der Waals surface area (Å²) in [5.74, 6) is -0.250. The first-order valence-corrected chi connectivity index (χ1v) is 7.62. The van der Waals surface area contributed by atoms with E-state index in [-0.39, 0.29) is 11.6 Å². The van der Waals surface area contributed by atoms with Crippen LogP contribution in [0, 0.1) is 10.1 Å². The molecule has 0 fully saturated rings. The van der Waals surface area contributed by atoms with Gasteiger partial charge in [0.25, 0.3) is 11.6 Å². The van der Waals surface area contributed by atoms with E-state index in [2.05, 4.69) is 15.5 Å². The van der Waals surface area contributed by atoms with Gasteiger partial charge in [0.2, 0.25) is 0 Å². The maximum Gasteiger partial charge on any atom is 0.269 e. The minimum atomic E-state index is -0.467. The highest BCUT2D eigenvalue weighted by Gasteiger charge is 2.16.